The van der Waals surface area contributed by atoms with Crippen molar-refractivity contribution < 1.29 is 13.2 Å². The van der Waals surface area contributed by atoms with Gasteiger partial charge < -0.3 is 5.32 Å². The van der Waals surface area contributed by atoms with Crippen molar-refractivity contribution in [2.75, 3.05) is 5.32 Å². The number of hydrogen-bond donors (Lipinski definition) is 2. The van der Waals surface area contributed by atoms with Gasteiger partial charge in [-0.1, -0.05) is 12.1 Å². The molecular weight excluding hydrogens is 408 g/mol. The summed E-state index contributed by atoms with van der Waals surface area (Å²) in [6.07, 6.45) is 3.90. The number of carbonyl (C=O) groups is 1. The minimum Gasteiger partial charge on any atom is -0.322 e. The average Bonchev–Trinajstić information content (AvgIpc) is 3.25. The van der Waals surface area contributed by atoms with Crippen molar-refractivity contribution in [1.82, 2.24) is 9.38 Å². The van der Waals surface area contributed by atoms with E-state index in [1.807, 2.05) is 34.3 Å². The average molecular weight is 427 g/mol. The van der Waals surface area contributed by atoms with E-state index in [0.717, 1.165) is 16.2 Å². The van der Waals surface area contributed by atoms with Crippen molar-refractivity contribution in [3.63, 3.8) is 0 Å². The molecule has 2 aromatic carbocycles. The van der Waals surface area contributed by atoms with E-state index >= 15 is 0 Å². The zero-order valence-electron chi connectivity index (χ0n) is 15.7. The van der Waals surface area contributed by atoms with E-state index in [1.54, 1.807) is 43.4 Å². The molecule has 1 amide bonds. The van der Waals surface area contributed by atoms with Gasteiger partial charge in [0.05, 0.1) is 10.6 Å². The number of rotatable bonds is 4. The summed E-state index contributed by atoms with van der Waals surface area (Å²) < 4.78 is 25.5. The van der Waals surface area contributed by atoms with Crippen molar-refractivity contribution in [2.24, 2.45) is 5.14 Å². The zero-order valence-corrected chi connectivity index (χ0v) is 17.3. The molecule has 0 aliphatic heterocycles. The predicted molar refractivity (Wildman–Crippen MR) is 114 cm³/mol. The number of aromatic nitrogens is 2. The number of anilines is 1. The first kappa shape index (κ1) is 19.3. The van der Waals surface area contributed by atoms with Crippen LogP contribution in [0.1, 0.15) is 21.5 Å². The monoisotopic (exact) mass is 426 g/mol. The third kappa shape index (κ3) is 3.80. The first-order valence-corrected chi connectivity index (χ1v) is 11.1. The summed E-state index contributed by atoms with van der Waals surface area (Å²) in [5.74, 6) is -0.409. The van der Waals surface area contributed by atoms with Crippen LogP contribution >= 0.6 is 11.3 Å². The Hall–Kier alpha value is -3.01. The van der Waals surface area contributed by atoms with Crippen LogP contribution in [0.3, 0.4) is 0 Å². The highest BCUT2D eigenvalue weighted by atomic mass is 32.2. The van der Waals surface area contributed by atoms with Crippen LogP contribution in [-0.4, -0.2) is 23.7 Å². The summed E-state index contributed by atoms with van der Waals surface area (Å²) in [7, 11) is -3.92. The summed E-state index contributed by atoms with van der Waals surface area (Å²) in [5, 5.41) is 10.0. The van der Waals surface area contributed by atoms with Crippen LogP contribution < -0.4 is 10.5 Å². The lowest BCUT2D eigenvalue weighted by atomic mass is 10.1. The van der Waals surface area contributed by atoms with E-state index in [0.29, 0.717) is 16.8 Å². The third-order valence-electron chi connectivity index (χ3n) is 4.72. The van der Waals surface area contributed by atoms with Gasteiger partial charge in [-0.15, -0.1) is 11.3 Å². The second-order valence-corrected chi connectivity index (χ2v) is 9.11. The Bertz CT molecular complexity index is 1310. The van der Waals surface area contributed by atoms with Crippen molar-refractivity contribution in [2.45, 2.75) is 18.7 Å². The Balaban J connectivity index is 1.57. The molecule has 29 heavy (non-hydrogen) atoms. The summed E-state index contributed by atoms with van der Waals surface area (Å²) >= 11 is 1.56. The molecule has 9 heteroatoms. The van der Waals surface area contributed by atoms with Gasteiger partial charge in [0.25, 0.3) is 5.91 Å². The topological polar surface area (TPSA) is 107 Å². The Labute approximate surface area is 171 Å². The molecule has 0 fully saturated rings. The van der Waals surface area contributed by atoms with Gasteiger partial charge in [-0.2, -0.15) is 0 Å². The highest BCUT2D eigenvalue weighted by Gasteiger charge is 2.17. The SMILES string of the molecule is Cc1cc(C(=O)Nc2ccc(-c3cn4ccsc4n3)cc2)cc(S(N)(=O)=O)c1C. The maximum Gasteiger partial charge on any atom is 0.255 e. The number of hydrogen-bond acceptors (Lipinski definition) is 5. The molecule has 2 aromatic heterocycles. The Morgan fingerprint density at radius 1 is 1.17 bits per heavy atom. The van der Waals surface area contributed by atoms with E-state index in [-0.39, 0.29) is 10.5 Å². The highest BCUT2D eigenvalue weighted by molar-refractivity contribution is 7.89. The van der Waals surface area contributed by atoms with Gasteiger partial charge in [0.1, 0.15) is 0 Å². The molecule has 0 spiro atoms. The molecule has 0 saturated heterocycles. The summed E-state index contributed by atoms with van der Waals surface area (Å²) in [6.45, 7) is 3.40. The molecule has 2 heterocycles. The fourth-order valence-electron chi connectivity index (χ4n) is 3.05. The molecule has 0 radical (unpaired) electrons. The zero-order chi connectivity index (χ0) is 20.8. The molecule has 0 bridgehead atoms. The number of nitrogens with one attached hydrogen (secondary N) is 1. The quantitative estimate of drug-likeness (QED) is 0.520. The van der Waals surface area contributed by atoms with E-state index in [2.05, 4.69) is 10.3 Å². The molecule has 148 valence electrons. The van der Waals surface area contributed by atoms with Crippen molar-refractivity contribution >= 4 is 37.9 Å². The second kappa shape index (κ2) is 7.11. The molecule has 4 aromatic rings. The number of thiazole rings is 1. The van der Waals surface area contributed by atoms with E-state index in [1.165, 1.54) is 6.07 Å². The van der Waals surface area contributed by atoms with Crippen molar-refractivity contribution in [3.05, 3.63) is 70.9 Å². The van der Waals surface area contributed by atoms with Crippen LogP contribution in [0.4, 0.5) is 5.69 Å². The highest BCUT2D eigenvalue weighted by Crippen LogP contribution is 2.24. The summed E-state index contributed by atoms with van der Waals surface area (Å²) in [6, 6.07) is 10.3. The van der Waals surface area contributed by atoms with Gasteiger partial charge in [0.15, 0.2) is 4.96 Å². The Kier molecular flexibility index (Phi) is 4.73. The number of amides is 1. The molecule has 0 saturated carbocycles. The number of primary sulfonamides is 1. The number of nitrogens with two attached hydrogens (primary N) is 1. The summed E-state index contributed by atoms with van der Waals surface area (Å²) in [4.78, 5) is 18.1. The number of sulfonamides is 1. The number of benzene rings is 2. The number of aryl methyl sites for hydroxylation is 1. The van der Waals surface area contributed by atoms with Crippen LogP contribution in [0.2, 0.25) is 0 Å². The van der Waals surface area contributed by atoms with Crippen molar-refractivity contribution in [3.8, 4) is 11.3 Å². The minimum absolute atomic E-state index is 0.0438. The van der Waals surface area contributed by atoms with Crippen LogP contribution in [0, 0.1) is 13.8 Å². The number of fused-ring (bicyclic) bond motifs is 1. The normalized spacial score (nSPS) is 11.7. The lowest BCUT2D eigenvalue weighted by Gasteiger charge is -2.11. The lowest BCUT2D eigenvalue weighted by molar-refractivity contribution is 0.102. The van der Waals surface area contributed by atoms with E-state index in [9.17, 15) is 13.2 Å². The van der Waals surface area contributed by atoms with Crippen LogP contribution in [-0.2, 0) is 10.0 Å². The van der Waals surface area contributed by atoms with Gasteiger partial charge >= 0.3 is 0 Å². The van der Waals surface area contributed by atoms with Gasteiger partial charge in [-0.3, -0.25) is 9.20 Å². The summed E-state index contributed by atoms with van der Waals surface area (Å²) in [5.41, 5.74) is 3.82. The number of imidazole rings is 1. The molecule has 4 rings (SSSR count). The molecular formula is C20H18N4O3S2. The fourth-order valence-corrected chi connectivity index (χ4v) is 4.63. The first-order valence-electron chi connectivity index (χ1n) is 8.70. The third-order valence-corrected chi connectivity index (χ3v) is 6.53. The van der Waals surface area contributed by atoms with Gasteiger partial charge in [-0.25, -0.2) is 18.5 Å². The van der Waals surface area contributed by atoms with Crippen LogP contribution in [0.25, 0.3) is 16.2 Å². The standard InChI is InChI=1S/C20H18N4O3S2/c1-12-9-15(10-18(13(12)2)29(21,26)27)19(25)22-16-5-3-14(4-6-16)17-11-24-7-8-28-20(24)23-17/h3-11H,1-2H3,(H,22,25)(H2,21,26,27). The molecule has 0 aliphatic rings. The van der Waals surface area contributed by atoms with Crippen LogP contribution in [0.5, 0.6) is 0 Å². The largest absolute Gasteiger partial charge is 0.322 e. The van der Waals surface area contributed by atoms with Gasteiger partial charge in [-0.05, 0) is 49.2 Å². The first-order chi connectivity index (χ1) is 13.7. The minimum atomic E-state index is -3.92. The van der Waals surface area contributed by atoms with E-state index < -0.39 is 15.9 Å². The molecule has 0 atom stereocenters. The van der Waals surface area contributed by atoms with Gasteiger partial charge in [0.2, 0.25) is 10.0 Å². The molecule has 3 N–H and O–H groups in total. The predicted octanol–water partition coefficient (Wildman–Crippen LogP) is 3.58. The molecule has 7 nitrogen and oxygen atoms in total. The lowest BCUT2D eigenvalue weighted by Crippen LogP contribution is -2.17. The van der Waals surface area contributed by atoms with Gasteiger partial charge in [0, 0.05) is 34.6 Å². The van der Waals surface area contributed by atoms with Crippen molar-refractivity contribution in [1.29, 1.82) is 0 Å². The maximum absolute atomic E-state index is 12.6. The van der Waals surface area contributed by atoms with E-state index in [4.69, 9.17) is 5.14 Å². The Morgan fingerprint density at radius 2 is 1.90 bits per heavy atom. The number of nitrogens with zero attached hydrogens (tertiary/aromatic N) is 2. The molecule has 0 aliphatic carbocycles. The Morgan fingerprint density at radius 3 is 2.55 bits per heavy atom. The maximum atomic E-state index is 12.6. The smallest absolute Gasteiger partial charge is 0.255 e. The number of carbonyl (C=O) groups excluding carboxylic acids is 1. The van der Waals surface area contributed by atoms with Crippen LogP contribution in [0.15, 0.2) is 59.1 Å². The molecule has 0 unspecified atom stereocenters. The second-order valence-electron chi connectivity index (χ2n) is 6.71. The fraction of sp³-hybridized carbons (Fsp3) is 0.100.